The minimum absolute atomic E-state index is 0.171. The smallest absolute Gasteiger partial charge is 0.326 e. The Morgan fingerprint density at radius 2 is 1.94 bits per heavy atom. The zero-order valence-corrected chi connectivity index (χ0v) is 10.3. The molecular formula is C11H18N2O5. The van der Waals surface area contributed by atoms with Crippen LogP contribution in [0.5, 0.6) is 0 Å². The van der Waals surface area contributed by atoms with Gasteiger partial charge in [0.2, 0.25) is 0 Å². The molecule has 0 bridgehead atoms. The van der Waals surface area contributed by atoms with Gasteiger partial charge in [0, 0.05) is 12.6 Å². The lowest BCUT2D eigenvalue weighted by molar-refractivity contribution is -0.145. The van der Waals surface area contributed by atoms with Crippen LogP contribution < -0.4 is 5.32 Å². The first-order valence-corrected chi connectivity index (χ1v) is 5.97. The van der Waals surface area contributed by atoms with Crippen molar-refractivity contribution >= 4 is 18.0 Å². The van der Waals surface area contributed by atoms with Gasteiger partial charge >= 0.3 is 18.0 Å². The molecule has 7 heteroatoms. The number of nitrogens with one attached hydrogen (secondary N) is 1. The zero-order valence-electron chi connectivity index (χ0n) is 10.3. The predicted octanol–water partition coefficient (Wildman–Crippen LogP) is 0.498. The average molecular weight is 258 g/mol. The number of hydrogen-bond acceptors (Lipinski definition) is 3. The van der Waals surface area contributed by atoms with E-state index in [2.05, 4.69) is 5.32 Å². The molecule has 0 spiro atoms. The Kier molecular flexibility index (Phi) is 4.94. The van der Waals surface area contributed by atoms with Crippen LogP contribution in [0.2, 0.25) is 0 Å². The van der Waals surface area contributed by atoms with Gasteiger partial charge in [0.15, 0.2) is 0 Å². The Hall–Kier alpha value is -1.79. The molecule has 0 saturated heterocycles. The van der Waals surface area contributed by atoms with Crippen molar-refractivity contribution in [2.75, 3.05) is 6.54 Å². The zero-order chi connectivity index (χ0) is 13.7. The molecule has 1 atom stereocenters. The summed E-state index contributed by atoms with van der Waals surface area (Å²) >= 11 is 0. The minimum Gasteiger partial charge on any atom is -0.481 e. The van der Waals surface area contributed by atoms with Gasteiger partial charge in [-0.2, -0.15) is 0 Å². The maximum atomic E-state index is 11.9. The Morgan fingerprint density at radius 1 is 1.33 bits per heavy atom. The van der Waals surface area contributed by atoms with Crippen LogP contribution in [0.1, 0.15) is 32.6 Å². The topological polar surface area (TPSA) is 107 Å². The second-order valence-corrected chi connectivity index (χ2v) is 4.36. The molecule has 7 nitrogen and oxygen atoms in total. The van der Waals surface area contributed by atoms with Crippen LogP contribution in [-0.2, 0) is 9.59 Å². The number of nitrogens with zero attached hydrogens (tertiary/aromatic N) is 1. The van der Waals surface area contributed by atoms with Gasteiger partial charge in [0.1, 0.15) is 6.04 Å². The van der Waals surface area contributed by atoms with E-state index in [0.29, 0.717) is 6.54 Å². The fourth-order valence-electron chi connectivity index (χ4n) is 1.68. The molecule has 0 unspecified atom stereocenters. The SMILES string of the molecule is CCCN(C(=O)N[C@@H](CC(=O)O)C(=O)O)C1CC1. The first-order valence-electron chi connectivity index (χ1n) is 5.97. The summed E-state index contributed by atoms with van der Waals surface area (Å²) in [5, 5.41) is 19.7. The van der Waals surface area contributed by atoms with Crippen molar-refractivity contribution in [3.8, 4) is 0 Å². The van der Waals surface area contributed by atoms with Crippen molar-refractivity contribution in [2.24, 2.45) is 0 Å². The van der Waals surface area contributed by atoms with Gasteiger partial charge in [-0.3, -0.25) is 4.79 Å². The summed E-state index contributed by atoms with van der Waals surface area (Å²) in [5.41, 5.74) is 0. The van der Waals surface area contributed by atoms with Crippen molar-refractivity contribution in [3.05, 3.63) is 0 Å². The second kappa shape index (κ2) is 6.23. The fourth-order valence-corrected chi connectivity index (χ4v) is 1.68. The van der Waals surface area contributed by atoms with E-state index in [-0.39, 0.29) is 6.04 Å². The van der Waals surface area contributed by atoms with Crippen LogP contribution in [0.25, 0.3) is 0 Å². The molecule has 1 saturated carbocycles. The largest absolute Gasteiger partial charge is 0.481 e. The number of carboxylic acids is 2. The summed E-state index contributed by atoms with van der Waals surface area (Å²) < 4.78 is 0. The Morgan fingerprint density at radius 3 is 2.33 bits per heavy atom. The van der Waals surface area contributed by atoms with E-state index in [4.69, 9.17) is 10.2 Å². The highest BCUT2D eigenvalue weighted by Crippen LogP contribution is 2.26. The van der Waals surface area contributed by atoms with E-state index in [1.165, 1.54) is 0 Å². The molecule has 102 valence electrons. The van der Waals surface area contributed by atoms with Crippen LogP contribution >= 0.6 is 0 Å². The summed E-state index contributed by atoms with van der Waals surface area (Å²) in [6.45, 7) is 2.48. The number of amides is 2. The predicted molar refractivity (Wildman–Crippen MR) is 62.2 cm³/mol. The molecule has 0 aliphatic heterocycles. The molecule has 0 aromatic carbocycles. The number of aliphatic carboxylic acids is 2. The van der Waals surface area contributed by atoms with Gasteiger partial charge in [0.25, 0.3) is 0 Å². The monoisotopic (exact) mass is 258 g/mol. The third kappa shape index (κ3) is 4.23. The third-order valence-corrected chi connectivity index (χ3v) is 2.69. The quantitative estimate of drug-likeness (QED) is 0.616. The van der Waals surface area contributed by atoms with E-state index < -0.39 is 30.4 Å². The number of hydrogen-bond donors (Lipinski definition) is 3. The second-order valence-electron chi connectivity index (χ2n) is 4.36. The van der Waals surface area contributed by atoms with Crippen molar-refractivity contribution in [3.63, 3.8) is 0 Å². The molecule has 1 aliphatic rings. The van der Waals surface area contributed by atoms with E-state index in [0.717, 1.165) is 19.3 Å². The van der Waals surface area contributed by atoms with Crippen molar-refractivity contribution < 1.29 is 24.6 Å². The van der Waals surface area contributed by atoms with Crippen LogP contribution in [-0.4, -0.2) is 51.7 Å². The average Bonchev–Trinajstić information content (AvgIpc) is 3.07. The first kappa shape index (κ1) is 14.3. The van der Waals surface area contributed by atoms with Crippen LogP contribution in [0, 0.1) is 0 Å². The lowest BCUT2D eigenvalue weighted by atomic mass is 10.2. The normalized spacial score (nSPS) is 15.8. The summed E-state index contributed by atoms with van der Waals surface area (Å²) in [6, 6.07) is -1.70. The molecule has 1 rings (SSSR count). The first-order chi connectivity index (χ1) is 8.45. The molecule has 1 fully saturated rings. The van der Waals surface area contributed by atoms with E-state index >= 15 is 0 Å². The van der Waals surface area contributed by atoms with E-state index in [1.54, 1.807) is 4.90 Å². The molecule has 0 aromatic heterocycles. The molecule has 0 heterocycles. The maximum absolute atomic E-state index is 11.9. The molecule has 1 aliphatic carbocycles. The number of carbonyl (C=O) groups excluding carboxylic acids is 1. The molecule has 0 aromatic rings. The van der Waals surface area contributed by atoms with Crippen LogP contribution in [0.4, 0.5) is 4.79 Å². The summed E-state index contributed by atoms with van der Waals surface area (Å²) in [4.78, 5) is 34.8. The number of carbonyl (C=O) groups is 3. The van der Waals surface area contributed by atoms with Gasteiger partial charge in [-0.15, -0.1) is 0 Å². The van der Waals surface area contributed by atoms with E-state index in [9.17, 15) is 14.4 Å². The van der Waals surface area contributed by atoms with Gasteiger partial charge in [0.05, 0.1) is 6.42 Å². The standard InChI is InChI=1S/C11H18N2O5/c1-2-5-13(7-3-4-7)11(18)12-8(10(16)17)6-9(14)15/h7-8H,2-6H2,1H3,(H,12,18)(H,14,15)(H,16,17)/t8-/m0/s1. The van der Waals surface area contributed by atoms with Crippen molar-refractivity contribution in [1.82, 2.24) is 10.2 Å². The summed E-state index contributed by atoms with van der Waals surface area (Å²) in [7, 11) is 0. The third-order valence-electron chi connectivity index (χ3n) is 2.69. The number of urea groups is 1. The molecule has 18 heavy (non-hydrogen) atoms. The Bertz CT molecular complexity index is 340. The van der Waals surface area contributed by atoms with Crippen LogP contribution in [0.15, 0.2) is 0 Å². The van der Waals surface area contributed by atoms with Gasteiger partial charge in [-0.25, -0.2) is 9.59 Å². The molecule has 0 radical (unpaired) electrons. The fraction of sp³-hybridized carbons (Fsp3) is 0.727. The summed E-state index contributed by atoms with van der Waals surface area (Å²) in [5.74, 6) is -2.59. The van der Waals surface area contributed by atoms with Gasteiger partial charge < -0.3 is 20.4 Å². The minimum atomic E-state index is -1.38. The summed E-state index contributed by atoms with van der Waals surface area (Å²) in [6.07, 6.45) is 2.00. The highest BCUT2D eigenvalue weighted by molar-refractivity contribution is 5.86. The highest BCUT2D eigenvalue weighted by Gasteiger charge is 2.34. The van der Waals surface area contributed by atoms with Crippen molar-refractivity contribution in [2.45, 2.75) is 44.7 Å². The lowest BCUT2D eigenvalue weighted by Crippen LogP contribution is -2.49. The number of carboxylic acid groups (broad SMARTS) is 2. The Balaban J connectivity index is 2.58. The maximum Gasteiger partial charge on any atom is 0.326 e. The van der Waals surface area contributed by atoms with Crippen LogP contribution in [0.3, 0.4) is 0 Å². The van der Waals surface area contributed by atoms with Crippen molar-refractivity contribution in [1.29, 1.82) is 0 Å². The van der Waals surface area contributed by atoms with Gasteiger partial charge in [-0.05, 0) is 19.3 Å². The molecular weight excluding hydrogens is 240 g/mol. The van der Waals surface area contributed by atoms with Gasteiger partial charge in [-0.1, -0.05) is 6.92 Å². The highest BCUT2D eigenvalue weighted by atomic mass is 16.4. The molecule has 2 amide bonds. The Labute approximate surface area is 105 Å². The lowest BCUT2D eigenvalue weighted by Gasteiger charge is -2.24. The molecule has 3 N–H and O–H groups in total. The van der Waals surface area contributed by atoms with E-state index in [1.807, 2.05) is 6.92 Å². The number of rotatable bonds is 7.